The zero-order valence-corrected chi connectivity index (χ0v) is 14.7. The highest BCUT2D eigenvalue weighted by Crippen LogP contribution is 2.21. The largest absolute Gasteiger partial charge is 0.444 e. The number of likely N-dealkylation sites (N-methyl/N-ethyl adjacent to an activating group) is 1. The molecule has 0 radical (unpaired) electrons. The summed E-state index contributed by atoms with van der Waals surface area (Å²) in [5.41, 5.74) is 0.486. The van der Waals surface area contributed by atoms with E-state index in [-0.39, 0.29) is 12.1 Å². The number of nitrogens with zero attached hydrogens (tertiary/aromatic N) is 4. The maximum Gasteiger partial charge on any atom is 0.410 e. The zero-order chi connectivity index (χ0) is 16.9. The molecule has 1 saturated heterocycles. The lowest BCUT2D eigenvalue weighted by molar-refractivity contribution is 0.00583. The van der Waals surface area contributed by atoms with Crippen molar-refractivity contribution < 1.29 is 9.53 Å². The summed E-state index contributed by atoms with van der Waals surface area (Å²) >= 11 is 0. The van der Waals surface area contributed by atoms with Crippen molar-refractivity contribution >= 4 is 6.09 Å². The van der Waals surface area contributed by atoms with Gasteiger partial charge in [-0.3, -0.25) is 14.9 Å². The van der Waals surface area contributed by atoms with Crippen LogP contribution in [-0.2, 0) is 11.3 Å². The van der Waals surface area contributed by atoms with E-state index in [2.05, 4.69) is 21.9 Å². The van der Waals surface area contributed by atoms with E-state index >= 15 is 0 Å². The van der Waals surface area contributed by atoms with Crippen LogP contribution in [0.5, 0.6) is 0 Å². The molecule has 6 nitrogen and oxygen atoms in total. The fraction of sp³-hybridized carbons (Fsp3) is 0.706. The average Bonchev–Trinajstić information content (AvgIpc) is 2.47. The second-order valence-electron chi connectivity index (χ2n) is 7.22. The summed E-state index contributed by atoms with van der Waals surface area (Å²) in [5.74, 6) is 0. The highest BCUT2D eigenvalue weighted by molar-refractivity contribution is 5.68. The summed E-state index contributed by atoms with van der Waals surface area (Å²) in [4.78, 5) is 24.9. The fourth-order valence-corrected chi connectivity index (χ4v) is 2.86. The molecular weight excluding hydrogens is 292 g/mol. The smallest absolute Gasteiger partial charge is 0.410 e. The summed E-state index contributed by atoms with van der Waals surface area (Å²) in [7, 11) is 2.05. The number of likely N-dealkylation sites (tertiary alicyclic amines) is 1. The Bertz CT molecular complexity index is 501. The number of aromatic nitrogens is 2. The van der Waals surface area contributed by atoms with Crippen molar-refractivity contribution in [2.45, 2.75) is 58.2 Å². The van der Waals surface area contributed by atoms with E-state index in [1.165, 1.54) is 0 Å². The number of hydrogen-bond donors (Lipinski definition) is 0. The maximum atomic E-state index is 12.4. The van der Waals surface area contributed by atoms with E-state index < -0.39 is 5.60 Å². The Morgan fingerprint density at radius 2 is 2.17 bits per heavy atom. The third kappa shape index (κ3) is 5.78. The minimum atomic E-state index is -0.454. The van der Waals surface area contributed by atoms with Gasteiger partial charge in [0.05, 0.1) is 5.69 Å². The van der Waals surface area contributed by atoms with Gasteiger partial charge in [0.2, 0.25) is 0 Å². The van der Waals surface area contributed by atoms with E-state index in [0.29, 0.717) is 0 Å². The lowest BCUT2D eigenvalue weighted by Gasteiger charge is -2.38. The number of carbonyl (C=O) groups excluding carboxylic acids is 1. The van der Waals surface area contributed by atoms with Gasteiger partial charge >= 0.3 is 6.09 Å². The summed E-state index contributed by atoms with van der Waals surface area (Å²) in [6.45, 7) is 8.04. The molecule has 23 heavy (non-hydrogen) atoms. The molecule has 1 fully saturated rings. The van der Waals surface area contributed by atoms with Crippen LogP contribution in [0.1, 0.15) is 45.7 Å². The van der Waals surface area contributed by atoms with Crippen LogP contribution in [-0.4, -0.2) is 57.6 Å². The van der Waals surface area contributed by atoms with Crippen LogP contribution in [0.15, 0.2) is 18.6 Å². The van der Waals surface area contributed by atoms with E-state index in [9.17, 15) is 4.79 Å². The third-order valence-corrected chi connectivity index (χ3v) is 3.83. The van der Waals surface area contributed by atoms with E-state index in [1.807, 2.05) is 25.7 Å². The molecule has 1 aromatic heterocycles. The van der Waals surface area contributed by atoms with Crippen LogP contribution in [0.3, 0.4) is 0 Å². The van der Waals surface area contributed by atoms with Crippen LogP contribution in [0.25, 0.3) is 0 Å². The van der Waals surface area contributed by atoms with Crippen molar-refractivity contribution in [2.24, 2.45) is 0 Å². The first-order valence-electron chi connectivity index (χ1n) is 8.28. The number of hydrogen-bond acceptors (Lipinski definition) is 5. The Labute approximate surface area is 138 Å². The van der Waals surface area contributed by atoms with E-state index in [1.54, 1.807) is 18.6 Å². The average molecular weight is 320 g/mol. The van der Waals surface area contributed by atoms with Gasteiger partial charge in [-0.05, 0) is 47.1 Å². The maximum absolute atomic E-state index is 12.4. The molecule has 1 aliphatic heterocycles. The molecule has 0 bridgehead atoms. The Hall–Kier alpha value is -1.69. The fourth-order valence-electron chi connectivity index (χ4n) is 2.86. The van der Waals surface area contributed by atoms with E-state index in [4.69, 9.17) is 4.74 Å². The van der Waals surface area contributed by atoms with Crippen molar-refractivity contribution in [2.75, 3.05) is 20.1 Å². The summed E-state index contributed by atoms with van der Waals surface area (Å²) < 4.78 is 5.55. The molecule has 6 heteroatoms. The van der Waals surface area contributed by atoms with Crippen LogP contribution < -0.4 is 0 Å². The van der Waals surface area contributed by atoms with Crippen molar-refractivity contribution in [1.82, 2.24) is 19.8 Å². The van der Waals surface area contributed by atoms with Crippen molar-refractivity contribution in [3.8, 4) is 0 Å². The molecule has 128 valence electrons. The normalized spacial score (nSPS) is 19.0. The van der Waals surface area contributed by atoms with Crippen molar-refractivity contribution in [1.29, 1.82) is 0 Å². The van der Waals surface area contributed by atoms with Gasteiger partial charge in [0.25, 0.3) is 0 Å². The number of amides is 1. The molecule has 1 aromatic rings. The van der Waals surface area contributed by atoms with Gasteiger partial charge in [0, 0.05) is 44.3 Å². The Morgan fingerprint density at radius 3 is 2.83 bits per heavy atom. The minimum absolute atomic E-state index is 0.195. The monoisotopic (exact) mass is 320 g/mol. The molecule has 0 aliphatic carbocycles. The summed E-state index contributed by atoms with van der Waals surface area (Å²) in [6, 6.07) is 0.195. The van der Waals surface area contributed by atoms with Crippen LogP contribution >= 0.6 is 0 Å². The number of ether oxygens (including phenoxy) is 1. The van der Waals surface area contributed by atoms with Crippen LogP contribution in [0.4, 0.5) is 4.79 Å². The second-order valence-corrected chi connectivity index (χ2v) is 7.22. The first-order chi connectivity index (χ1) is 10.8. The zero-order valence-electron chi connectivity index (χ0n) is 14.7. The highest BCUT2D eigenvalue weighted by Gasteiger charge is 2.31. The van der Waals surface area contributed by atoms with Gasteiger partial charge in [-0.15, -0.1) is 0 Å². The number of carbonyl (C=O) groups is 1. The lowest BCUT2D eigenvalue weighted by atomic mass is 10.0. The Balaban J connectivity index is 1.94. The predicted octanol–water partition coefficient (Wildman–Crippen LogP) is 2.70. The molecule has 0 aromatic carbocycles. The summed E-state index contributed by atoms with van der Waals surface area (Å²) in [5, 5.41) is 0. The molecule has 0 N–H and O–H groups in total. The van der Waals surface area contributed by atoms with Gasteiger partial charge < -0.3 is 9.64 Å². The minimum Gasteiger partial charge on any atom is -0.444 e. The molecular formula is C17H28N4O2. The second kappa shape index (κ2) is 7.73. The summed E-state index contributed by atoms with van der Waals surface area (Å²) in [6.07, 6.45) is 8.18. The van der Waals surface area contributed by atoms with Crippen molar-refractivity contribution in [3.05, 3.63) is 24.3 Å². The third-order valence-electron chi connectivity index (χ3n) is 3.83. The highest BCUT2D eigenvalue weighted by atomic mass is 16.6. The number of piperidine rings is 1. The van der Waals surface area contributed by atoms with Crippen molar-refractivity contribution in [3.63, 3.8) is 0 Å². The first kappa shape index (κ1) is 17.7. The van der Waals surface area contributed by atoms with Crippen LogP contribution in [0.2, 0.25) is 0 Å². The lowest BCUT2D eigenvalue weighted by Crippen LogP contribution is -2.50. The molecule has 0 saturated carbocycles. The molecule has 2 rings (SSSR count). The molecule has 2 heterocycles. The van der Waals surface area contributed by atoms with Crippen LogP contribution in [0, 0.1) is 0 Å². The molecule has 0 unspecified atom stereocenters. The predicted molar refractivity (Wildman–Crippen MR) is 88.9 cm³/mol. The van der Waals surface area contributed by atoms with Gasteiger partial charge in [-0.25, -0.2) is 4.79 Å². The molecule has 1 atom stereocenters. The molecule has 0 spiro atoms. The van der Waals surface area contributed by atoms with Gasteiger partial charge in [0.15, 0.2) is 0 Å². The van der Waals surface area contributed by atoms with Gasteiger partial charge in [0.1, 0.15) is 5.60 Å². The van der Waals surface area contributed by atoms with Gasteiger partial charge in [-0.2, -0.15) is 0 Å². The topological polar surface area (TPSA) is 58.6 Å². The Morgan fingerprint density at radius 1 is 1.39 bits per heavy atom. The molecule has 1 aliphatic rings. The van der Waals surface area contributed by atoms with Gasteiger partial charge in [-0.1, -0.05) is 0 Å². The SMILES string of the molecule is CN(Cc1cnccn1)C[C@@H]1CCCCN1C(=O)OC(C)(C)C. The Kier molecular flexibility index (Phi) is 5.93. The molecule has 1 amide bonds. The first-order valence-corrected chi connectivity index (χ1v) is 8.28. The van der Waals surface area contributed by atoms with E-state index in [0.717, 1.165) is 44.6 Å². The standard InChI is InChI=1S/C17H28N4O2/c1-17(2,3)23-16(22)21-10-6-5-7-15(21)13-20(4)12-14-11-18-8-9-19-14/h8-9,11,15H,5-7,10,12-13H2,1-4H3/t15-/m0/s1. The quantitative estimate of drug-likeness (QED) is 0.853. The number of rotatable bonds is 4.